The molecule has 0 bridgehead atoms. The van der Waals surface area contributed by atoms with E-state index in [2.05, 4.69) is 15.2 Å². The number of hydrogen-bond donors (Lipinski definition) is 2. The Morgan fingerprint density at radius 2 is 2.29 bits per heavy atom. The quantitative estimate of drug-likeness (QED) is 0.694. The molecule has 0 aliphatic heterocycles. The number of nitrogens with one attached hydrogen (secondary N) is 1. The maximum Gasteiger partial charge on any atom is 0.155 e. The van der Waals surface area contributed by atoms with Crippen LogP contribution < -0.4 is 10.5 Å². The number of hydrogen-bond acceptors (Lipinski definition) is 4. The van der Waals surface area contributed by atoms with E-state index in [1.807, 2.05) is 6.07 Å². The smallest absolute Gasteiger partial charge is 0.155 e. The molecule has 0 atom stereocenters. The van der Waals surface area contributed by atoms with Crippen LogP contribution in [0.25, 0.3) is 11.4 Å². The highest BCUT2D eigenvalue weighted by Gasteiger charge is 2.04. The molecule has 0 aliphatic carbocycles. The zero-order valence-electron chi connectivity index (χ0n) is 7.69. The molecule has 0 fully saturated rings. The highest BCUT2D eigenvalue weighted by atomic mass is 16.5. The third-order valence-corrected chi connectivity index (χ3v) is 1.92. The summed E-state index contributed by atoms with van der Waals surface area (Å²) >= 11 is 0. The summed E-state index contributed by atoms with van der Waals surface area (Å²) in [4.78, 5) is 4.02. The van der Waals surface area contributed by atoms with E-state index in [0.29, 0.717) is 17.3 Å². The molecule has 0 spiro atoms. The van der Waals surface area contributed by atoms with Crippen molar-refractivity contribution in [2.45, 2.75) is 0 Å². The predicted molar refractivity (Wildman–Crippen MR) is 52.8 cm³/mol. The maximum atomic E-state index is 5.75. The molecule has 2 aromatic rings. The number of nitrogen functional groups attached to an aromatic ring is 1. The van der Waals surface area contributed by atoms with Gasteiger partial charge in [-0.3, -0.25) is 5.10 Å². The van der Waals surface area contributed by atoms with Crippen LogP contribution in [0.1, 0.15) is 0 Å². The van der Waals surface area contributed by atoms with Gasteiger partial charge in [-0.15, -0.1) is 0 Å². The zero-order valence-corrected chi connectivity index (χ0v) is 7.69. The Labute approximate surface area is 80.9 Å². The first-order valence-corrected chi connectivity index (χ1v) is 4.10. The van der Waals surface area contributed by atoms with E-state index in [1.165, 1.54) is 6.33 Å². The molecule has 2 rings (SSSR count). The molecule has 0 amide bonds. The van der Waals surface area contributed by atoms with Crippen molar-refractivity contribution in [1.82, 2.24) is 15.2 Å². The lowest BCUT2D eigenvalue weighted by Gasteiger charge is -2.04. The number of H-pyrrole nitrogens is 1. The average Bonchev–Trinajstić information content (AvgIpc) is 2.70. The number of aromatic amines is 1. The summed E-state index contributed by atoms with van der Waals surface area (Å²) in [6, 6.07) is 5.46. The van der Waals surface area contributed by atoms with Gasteiger partial charge < -0.3 is 10.5 Å². The van der Waals surface area contributed by atoms with Crippen LogP contribution in [0, 0.1) is 0 Å². The van der Waals surface area contributed by atoms with Crippen LogP contribution in [0.4, 0.5) is 5.69 Å². The molecule has 0 radical (unpaired) electrons. The molecule has 0 aliphatic rings. The Kier molecular flexibility index (Phi) is 2.06. The molecular weight excluding hydrogens is 180 g/mol. The minimum absolute atomic E-state index is 0.585. The minimum Gasteiger partial charge on any atom is -0.495 e. The molecule has 72 valence electrons. The summed E-state index contributed by atoms with van der Waals surface area (Å²) in [6.45, 7) is 0. The van der Waals surface area contributed by atoms with Crippen molar-refractivity contribution in [3.8, 4) is 17.1 Å². The third kappa shape index (κ3) is 1.39. The Bertz CT molecular complexity index is 424. The number of anilines is 1. The molecule has 1 aromatic heterocycles. The van der Waals surface area contributed by atoms with Crippen LogP contribution in [0.15, 0.2) is 24.5 Å². The summed E-state index contributed by atoms with van der Waals surface area (Å²) in [5.41, 5.74) is 7.23. The highest BCUT2D eigenvalue weighted by Crippen LogP contribution is 2.25. The van der Waals surface area contributed by atoms with Crippen LogP contribution in [0.3, 0.4) is 0 Å². The van der Waals surface area contributed by atoms with Crippen molar-refractivity contribution in [1.29, 1.82) is 0 Å². The summed E-state index contributed by atoms with van der Waals surface area (Å²) in [6.07, 6.45) is 1.45. The number of aromatic nitrogens is 3. The monoisotopic (exact) mass is 190 g/mol. The lowest BCUT2D eigenvalue weighted by molar-refractivity contribution is 0.417. The van der Waals surface area contributed by atoms with Crippen LogP contribution in [0.5, 0.6) is 5.75 Å². The first-order valence-electron chi connectivity index (χ1n) is 4.10. The van der Waals surface area contributed by atoms with E-state index < -0.39 is 0 Å². The molecule has 3 N–H and O–H groups in total. The van der Waals surface area contributed by atoms with Crippen molar-refractivity contribution in [2.75, 3.05) is 12.8 Å². The topological polar surface area (TPSA) is 76.8 Å². The van der Waals surface area contributed by atoms with Crippen LogP contribution in [0.2, 0.25) is 0 Å². The van der Waals surface area contributed by atoms with E-state index in [4.69, 9.17) is 10.5 Å². The lowest BCUT2D eigenvalue weighted by Crippen LogP contribution is -1.93. The molecule has 5 heteroatoms. The van der Waals surface area contributed by atoms with Gasteiger partial charge in [0.05, 0.1) is 12.8 Å². The largest absolute Gasteiger partial charge is 0.495 e. The van der Waals surface area contributed by atoms with Gasteiger partial charge in [0.2, 0.25) is 0 Å². The molecule has 14 heavy (non-hydrogen) atoms. The fourth-order valence-electron chi connectivity index (χ4n) is 1.23. The van der Waals surface area contributed by atoms with Crippen molar-refractivity contribution in [3.63, 3.8) is 0 Å². The fraction of sp³-hybridized carbons (Fsp3) is 0.111. The maximum absolute atomic E-state index is 5.75. The first kappa shape index (κ1) is 8.55. The molecule has 5 nitrogen and oxygen atoms in total. The predicted octanol–water partition coefficient (Wildman–Crippen LogP) is 1.06. The summed E-state index contributed by atoms with van der Waals surface area (Å²) in [5, 5.41) is 6.52. The molecular formula is C9H10N4O. The molecule has 1 aromatic carbocycles. The SMILES string of the molecule is COc1ccc(-c2ncn[nH]2)cc1N. The van der Waals surface area contributed by atoms with E-state index in [-0.39, 0.29) is 0 Å². The van der Waals surface area contributed by atoms with Crippen molar-refractivity contribution < 1.29 is 4.74 Å². The van der Waals surface area contributed by atoms with Gasteiger partial charge in [0.25, 0.3) is 0 Å². The average molecular weight is 190 g/mol. The van der Waals surface area contributed by atoms with Gasteiger partial charge in [0, 0.05) is 5.56 Å². The van der Waals surface area contributed by atoms with Gasteiger partial charge in [0.15, 0.2) is 5.82 Å². The van der Waals surface area contributed by atoms with E-state index >= 15 is 0 Å². The van der Waals surface area contributed by atoms with Gasteiger partial charge in [-0.25, -0.2) is 4.98 Å². The van der Waals surface area contributed by atoms with E-state index in [9.17, 15) is 0 Å². The molecule has 0 unspecified atom stereocenters. The molecule has 0 saturated carbocycles. The van der Waals surface area contributed by atoms with Gasteiger partial charge >= 0.3 is 0 Å². The second-order valence-corrected chi connectivity index (χ2v) is 2.79. The van der Waals surface area contributed by atoms with Crippen LogP contribution in [-0.4, -0.2) is 22.3 Å². The Morgan fingerprint density at radius 1 is 1.43 bits per heavy atom. The minimum atomic E-state index is 0.585. The zero-order chi connectivity index (χ0) is 9.97. The summed E-state index contributed by atoms with van der Waals surface area (Å²) < 4.78 is 5.05. The third-order valence-electron chi connectivity index (χ3n) is 1.92. The van der Waals surface area contributed by atoms with Gasteiger partial charge in [0.1, 0.15) is 12.1 Å². The van der Waals surface area contributed by atoms with Gasteiger partial charge in [-0.05, 0) is 18.2 Å². The number of benzene rings is 1. The standard InChI is InChI=1S/C9H10N4O/c1-14-8-3-2-6(4-7(8)10)9-11-5-12-13-9/h2-5H,10H2,1H3,(H,11,12,13). The van der Waals surface area contributed by atoms with Gasteiger partial charge in [-0.2, -0.15) is 5.10 Å². The normalized spacial score (nSPS) is 10.1. The lowest BCUT2D eigenvalue weighted by atomic mass is 10.2. The second kappa shape index (κ2) is 3.37. The highest BCUT2D eigenvalue weighted by molar-refractivity contribution is 5.65. The molecule has 0 saturated heterocycles. The number of ether oxygens (including phenoxy) is 1. The van der Waals surface area contributed by atoms with E-state index in [0.717, 1.165) is 5.56 Å². The molecule has 1 heterocycles. The van der Waals surface area contributed by atoms with Crippen molar-refractivity contribution in [3.05, 3.63) is 24.5 Å². The van der Waals surface area contributed by atoms with E-state index in [1.54, 1.807) is 19.2 Å². The summed E-state index contributed by atoms with van der Waals surface area (Å²) in [5.74, 6) is 1.35. The number of methoxy groups -OCH3 is 1. The Balaban J connectivity index is 2.43. The Morgan fingerprint density at radius 3 is 2.86 bits per heavy atom. The Hall–Kier alpha value is -2.04. The van der Waals surface area contributed by atoms with Crippen LogP contribution >= 0.6 is 0 Å². The number of nitrogens with two attached hydrogens (primary N) is 1. The number of rotatable bonds is 2. The van der Waals surface area contributed by atoms with Crippen molar-refractivity contribution in [2.24, 2.45) is 0 Å². The second-order valence-electron chi connectivity index (χ2n) is 2.79. The van der Waals surface area contributed by atoms with Crippen molar-refractivity contribution >= 4 is 5.69 Å². The van der Waals surface area contributed by atoms with Crippen LogP contribution in [-0.2, 0) is 0 Å². The van der Waals surface area contributed by atoms with Gasteiger partial charge in [-0.1, -0.05) is 0 Å². The first-order chi connectivity index (χ1) is 6.81. The number of nitrogens with zero attached hydrogens (tertiary/aromatic N) is 2. The summed E-state index contributed by atoms with van der Waals surface area (Å²) in [7, 11) is 1.58. The fourth-order valence-corrected chi connectivity index (χ4v) is 1.23.